The molecule has 118 valence electrons. The molecule has 0 aromatic heterocycles. The fourth-order valence-corrected chi connectivity index (χ4v) is 2.49. The van der Waals surface area contributed by atoms with Crippen LogP contribution in [0.2, 0.25) is 0 Å². The second kappa shape index (κ2) is 8.44. The van der Waals surface area contributed by atoms with E-state index in [-0.39, 0.29) is 0 Å². The third kappa shape index (κ3) is 5.08. The van der Waals surface area contributed by atoms with Crippen molar-refractivity contribution in [3.05, 3.63) is 59.7 Å². The molecule has 0 amide bonds. The average molecular weight is 298 g/mol. The summed E-state index contributed by atoms with van der Waals surface area (Å²) in [5.74, 6) is 0.311. The maximum atomic E-state index is 9.46. The van der Waals surface area contributed by atoms with E-state index in [1.54, 1.807) is 12.1 Å². The first-order valence-electron chi connectivity index (χ1n) is 8.04. The maximum Gasteiger partial charge on any atom is 0.115 e. The van der Waals surface area contributed by atoms with Crippen LogP contribution in [-0.4, -0.2) is 29.6 Å². The van der Waals surface area contributed by atoms with Crippen molar-refractivity contribution in [1.29, 1.82) is 0 Å². The van der Waals surface area contributed by atoms with Crippen LogP contribution in [-0.2, 0) is 13.0 Å². The molecule has 2 aromatic rings. The fourth-order valence-electron chi connectivity index (χ4n) is 2.49. The zero-order valence-electron chi connectivity index (χ0n) is 13.5. The monoisotopic (exact) mass is 298 g/mol. The summed E-state index contributed by atoms with van der Waals surface area (Å²) in [6.45, 7) is 8.46. The lowest BCUT2D eigenvalue weighted by Crippen LogP contribution is -2.25. The third-order valence-corrected chi connectivity index (χ3v) is 3.97. The number of likely N-dealkylation sites (N-methyl/N-ethyl adjacent to an activating group) is 1. The fraction of sp³-hybridized carbons (Fsp3) is 0.368. The van der Waals surface area contributed by atoms with Gasteiger partial charge < -0.3 is 15.3 Å². The van der Waals surface area contributed by atoms with Crippen molar-refractivity contribution >= 4 is 5.69 Å². The summed E-state index contributed by atoms with van der Waals surface area (Å²) in [4.78, 5) is 2.44. The number of aromatic hydroxyl groups is 1. The minimum Gasteiger partial charge on any atom is -0.508 e. The predicted octanol–water partition coefficient (Wildman–Crippen LogP) is 3.89. The Hall–Kier alpha value is -2.00. The molecule has 0 aliphatic heterocycles. The Morgan fingerprint density at radius 1 is 0.955 bits per heavy atom. The van der Waals surface area contributed by atoms with E-state index in [1.165, 1.54) is 5.56 Å². The van der Waals surface area contributed by atoms with E-state index in [0.717, 1.165) is 37.3 Å². The Morgan fingerprint density at radius 3 is 2.32 bits per heavy atom. The van der Waals surface area contributed by atoms with Crippen LogP contribution < -0.4 is 5.32 Å². The Morgan fingerprint density at radius 2 is 1.68 bits per heavy atom. The molecule has 3 heteroatoms. The number of hydrogen-bond donors (Lipinski definition) is 2. The van der Waals surface area contributed by atoms with Crippen LogP contribution in [0.25, 0.3) is 0 Å². The van der Waals surface area contributed by atoms with E-state index in [0.29, 0.717) is 12.3 Å². The number of rotatable bonds is 8. The minimum atomic E-state index is 0.311. The predicted molar refractivity (Wildman–Crippen MR) is 93.4 cm³/mol. The molecule has 0 fully saturated rings. The van der Waals surface area contributed by atoms with Gasteiger partial charge in [0.2, 0.25) is 0 Å². The Kier molecular flexibility index (Phi) is 6.28. The second-order valence-electron chi connectivity index (χ2n) is 5.50. The Labute approximate surface area is 133 Å². The van der Waals surface area contributed by atoms with Crippen LogP contribution in [0.1, 0.15) is 25.0 Å². The van der Waals surface area contributed by atoms with Gasteiger partial charge in [-0.1, -0.05) is 38.1 Å². The lowest BCUT2D eigenvalue weighted by Gasteiger charge is -2.17. The van der Waals surface area contributed by atoms with E-state index in [2.05, 4.69) is 48.3 Å². The van der Waals surface area contributed by atoms with Crippen LogP contribution in [0.15, 0.2) is 48.5 Å². The molecular weight excluding hydrogens is 272 g/mol. The highest BCUT2D eigenvalue weighted by Crippen LogP contribution is 2.14. The third-order valence-electron chi connectivity index (χ3n) is 3.97. The van der Waals surface area contributed by atoms with Gasteiger partial charge in [0, 0.05) is 18.8 Å². The summed E-state index contributed by atoms with van der Waals surface area (Å²) in [6, 6.07) is 16.0. The summed E-state index contributed by atoms with van der Waals surface area (Å²) in [5.41, 5.74) is 3.55. The van der Waals surface area contributed by atoms with Crippen molar-refractivity contribution in [1.82, 2.24) is 4.90 Å². The van der Waals surface area contributed by atoms with Crippen LogP contribution in [0.3, 0.4) is 0 Å². The van der Waals surface area contributed by atoms with Crippen molar-refractivity contribution in [2.24, 2.45) is 0 Å². The van der Waals surface area contributed by atoms with E-state index in [1.807, 2.05) is 12.1 Å². The molecule has 0 aliphatic carbocycles. The molecule has 0 spiro atoms. The van der Waals surface area contributed by atoms with Gasteiger partial charge in [0.05, 0.1) is 0 Å². The molecule has 0 radical (unpaired) electrons. The molecule has 2 aromatic carbocycles. The lowest BCUT2D eigenvalue weighted by molar-refractivity contribution is 0.308. The van der Waals surface area contributed by atoms with Gasteiger partial charge in [-0.15, -0.1) is 0 Å². The normalized spacial score (nSPS) is 10.9. The summed E-state index contributed by atoms with van der Waals surface area (Å²) in [6.07, 6.45) is 1.09. The van der Waals surface area contributed by atoms with E-state index in [4.69, 9.17) is 0 Å². The van der Waals surface area contributed by atoms with E-state index in [9.17, 15) is 5.11 Å². The standard InChI is InChI=1S/C19H26N2O/c1-3-21(4-2)13-12-16-8-10-18(11-9-16)20-15-17-6-5-7-19(22)14-17/h5-11,14,20,22H,3-4,12-13,15H2,1-2H3. The van der Waals surface area contributed by atoms with Crippen molar-refractivity contribution < 1.29 is 5.11 Å². The van der Waals surface area contributed by atoms with Gasteiger partial charge >= 0.3 is 0 Å². The number of phenolic OH excluding ortho intramolecular Hbond substituents is 1. The van der Waals surface area contributed by atoms with Crippen molar-refractivity contribution in [2.75, 3.05) is 25.0 Å². The number of hydrogen-bond acceptors (Lipinski definition) is 3. The molecule has 3 nitrogen and oxygen atoms in total. The summed E-state index contributed by atoms with van der Waals surface area (Å²) >= 11 is 0. The lowest BCUT2D eigenvalue weighted by atomic mass is 10.1. The Bertz CT molecular complexity index is 562. The molecule has 0 saturated carbocycles. The van der Waals surface area contributed by atoms with Gasteiger partial charge in [-0.25, -0.2) is 0 Å². The van der Waals surface area contributed by atoms with Gasteiger partial charge in [0.1, 0.15) is 5.75 Å². The molecular formula is C19H26N2O. The Balaban J connectivity index is 1.84. The molecule has 0 saturated heterocycles. The first-order chi connectivity index (χ1) is 10.7. The number of nitrogens with one attached hydrogen (secondary N) is 1. The average Bonchev–Trinajstić information content (AvgIpc) is 2.55. The van der Waals surface area contributed by atoms with Gasteiger partial charge in [-0.05, 0) is 54.9 Å². The van der Waals surface area contributed by atoms with Crippen molar-refractivity contribution in [3.63, 3.8) is 0 Å². The van der Waals surface area contributed by atoms with E-state index < -0.39 is 0 Å². The van der Waals surface area contributed by atoms with Crippen molar-refractivity contribution in [3.8, 4) is 5.75 Å². The molecule has 0 unspecified atom stereocenters. The van der Waals surface area contributed by atoms with E-state index >= 15 is 0 Å². The summed E-state index contributed by atoms with van der Waals surface area (Å²) in [5, 5.41) is 12.8. The highest BCUT2D eigenvalue weighted by molar-refractivity contribution is 5.45. The quantitative estimate of drug-likeness (QED) is 0.776. The second-order valence-corrected chi connectivity index (χ2v) is 5.50. The molecule has 0 heterocycles. The van der Waals surface area contributed by atoms with Gasteiger partial charge in [-0.2, -0.15) is 0 Å². The maximum absolute atomic E-state index is 9.46. The van der Waals surface area contributed by atoms with Gasteiger partial charge in [-0.3, -0.25) is 0 Å². The topological polar surface area (TPSA) is 35.5 Å². The first kappa shape index (κ1) is 16.4. The largest absolute Gasteiger partial charge is 0.508 e. The summed E-state index contributed by atoms with van der Waals surface area (Å²) in [7, 11) is 0. The molecule has 0 aliphatic rings. The van der Waals surface area contributed by atoms with Gasteiger partial charge in [0.15, 0.2) is 0 Å². The highest BCUT2D eigenvalue weighted by Gasteiger charge is 2.01. The zero-order chi connectivity index (χ0) is 15.8. The smallest absolute Gasteiger partial charge is 0.115 e. The minimum absolute atomic E-state index is 0.311. The molecule has 2 rings (SSSR count). The molecule has 22 heavy (non-hydrogen) atoms. The molecule has 0 atom stereocenters. The zero-order valence-corrected chi connectivity index (χ0v) is 13.5. The number of anilines is 1. The van der Waals surface area contributed by atoms with Crippen LogP contribution in [0.5, 0.6) is 5.75 Å². The van der Waals surface area contributed by atoms with Crippen LogP contribution in [0.4, 0.5) is 5.69 Å². The summed E-state index contributed by atoms with van der Waals surface area (Å²) < 4.78 is 0. The number of benzene rings is 2. The SMILES string of the molecule is CCN(CC)CCc1ccc(NCc2cccc(O)c2)cc1. The van der Waals surface area contributed by atoms with Crippen molar-refractivity contribution in [2.45, 2.75) is 26.8 Å². The van der Waals surface area contributed by atoms with Gasteiger partial charge in [0.25, 0.3) is 0 Å². The molecule has 0 bridgehead atoms. The van der Waals surface area contributed by atoms with Crippen LogP contribution >= 0.6 is 0 Å². The first-order valence-corrected chi connectivity index (χ1v) is 8.04. The number of phenols is 1. The van der Waals surface area contributed by atoms with Crippen LogP contribution in [0, 0.1) is 0 Å². The number of nitrogens with zero attached hydrogens (tertiary/aromatic N) is 1. The highest BCUT2D eigenvalue weighted by atomic mass is 16.3. The molecule has 2 N–H and O–H groups in total.